The number of methoxy groups -OCH3 is 1. The highest BCUT2D eigenvalue weighted by molar-refractivity contribution is 5.82. The topological polar surface area (TPSA) is 64.3 Å². The average molecular weight is 202 g/mol. The predicted molar refractivity (Wildman–Crippen MR) is 57.0 cm³/mol. The van der Waals surface area contributed by atoms with E-state index in [0.29, 0.717) is 13.0 Å². The Morgan fingerprint density at radius 2 is 2.07 bits per heavy atom. The number of hydrogen-bond donors (Lipinski definition) is 2. The van der Waals surface area contributed by atoms with Gasteiger partial charge in [0.1, 0.15) is 0 Å². The zero-order valence-corrected chi connectivity index (χ0v) is 9.59. The lowest BCUT2D eigenvalue weighted by atomic mass is 10.1. The number of nitrogens with one attached hydrogen (secondary N) is 1. The quantitative estimate of drug-likeness (QED) is 0.643. The summed E-state index contributed by atoms with van der Waals surface area (Å²) in [6.45, 7) is 6.46. The van der Waals surface area contributed by atoms with Crippen molar-refractivity contribution in [2.45, 2.75) is 45.2 Å². The van der Waals surface area contributed by atoms with Gasteiger partial charge in [0.2, 0.25) is 5.91 Å². The second-order valence-electron chi connectivity index (χ2n) is 4.48. The van der Waals surface area contributed by atoms with Crippen LogP contribution in [0.1, 0.15) is 33.6 Å². The minimum Gasteiger partial charge on any atom is -0.385 e. The molecule has 0 aliphatic heterocycles. The Bertz CT molecular complexity index is 175. The first-order valence-corrected chi connectivity index (χ1v) is 4.93. The molecule has 0 radical (unpaired) electrons. The minimum absolute atomic E-state index is 0.0893. The number of carbonyl (C=O) groups excluding carboxylic acids is 1. The molecule has 1 atom stereocenters. The van der Waals surface area contributed by atoms with Gasteiger partial charge in [0.05, 0.1) is 6.04 Å². The fourth-order valence-corrected chi connectivity index (χ4v) is 1.04. The molecule has 0 fully saturated rings. The van der Waals surface area contributed by atoms with E-state index in [0.717, 1.165) is 6.42 Å². The SMILES string of the molecule is COCCCC(N)C(=O)NC(C)(C)C. The van der Waals surface area contributed by atoms with Crippen LogP contribution < -0.4 is 11.1 Å². The van der Waals surface area contributed by atoms with E-state index in [4.69, 9.17) is 10.5 Å². The summed E-state index contributed by atoms with van der Waals surface area (Å²) >= 11 is 0. The van der Waals surface area contributed by atoms with Crippen molar-refractivity contribution in [3.05, 3.63) is 0 Å². The van der Waals surface area contributed by atoms with Crippen LogP contribution in [0.3, 0.4) is 0 Å². The van der Waals surface area contributed by atoms with Crippen LogP contribution in [0.4, 0.5) is 0 Å². The highest BCUT2D eigenvalue weighted by atomic mass is 16.5. The van der Waals surface area contributed by atoms with Crippen LogP contribution in [0, 0.1) is 0 Å². The first kappa shape index (κ1) is 13.4. The van der Waals surface area contributed by atoms with Gasteiger partial charge < -0.3 is 15.8 Å². The first-order chi connectivity index (χ1) is 6.37. The van der Waals surface area contributed by atoms with Crippen molar-refractivity contribution in [3.8, 4) is 0 Å². The summed E-state index contributed by atoms with van der Waals surface area (Å²) in [4.78, 5) is 11.5. The Kier molecular flexibility index (Phi) is 5.72. The van der Waals surface area contributed by atoms with Gasteiger partial charge in [-0.3, -0.25) is 4.79 Å². The zero-order valence-electron chi connectivity index (χ0n) is 9.59. The third-order valence-corrected chi connectivity index (χ3v) is 1.70. The number of amides is 1. The second kappa shape index (κ2) is 5.98. The Hall–Kier alpha value is -0.610. The molecule has 4 nitrogen and oxygen atoms in total. The first-order valence-electron chi connectivity index (χ1n) is 4.93. The summed E-state index contributed by atoms with van der Waals surface area (Å²) in [5, 5.41) is 2.84. The summed E-state index contributed by atoms with van der Waals surface area (Å²) in [7, 11) is 1.64. The molecule has 1 unspecified atom stereocenters. The molecule has 0 saturated heterocycles. The third kappa shape index (κ3) is 6.86. The molecular formula is C10H22N2O2. The van der Waals surface area contributed by atoms with E-state index in [2.05, 4.69) is 5.32 Å². The summed E-state index contributed by atoms with van der Waals surface area (Å²) in [6.07, 6.45) is 1.48. The number of ether oxygens (including phenoxy) is 1. The van der Waals surface area contributed by atoms with Crippen LogP contribution >= 0.6 is 0 Å². The molecule has 1 amide bonds. The van der Waals surface area contributed by atoms with Crippen molar-refractivity contribution in [2.75, 3.05) is 13.7 Å². The molecule has 0 rings (SSSR count). The lowest BCUT2D eigenvalue weighted by Crippen LogP contribution is -2.48. The Labute approximate surface area is 86.2 Å². The lowest BCUT2D eigenvalue weighted by Gasteiger charge is -2.23. The van der Waals surface area contributed by atoms with E-state index in [9.17, 15) is 4.79 Å². The van der Waals surface area contributed by atoms with Crippen molar-refractivity contribution in [1.29, 1.82) is 0 Å². The maximum atomic E-state index is 11.5. The van der Waals surface area contributed by atoms with Gasteiger partial charge in [0.15, 0.2) is 0 Å². The van der Waals surface area contributed by atoms with E-state index in [1.807, 2.05) is 20.8 Å². The van der Waals surface area contributed by atoms with Gasteiger partial charge in [0.25, 0.3) is 0 Å². The van der Waals surface area contributed by atoms with Crippen molar-refractivity contribution >= 4 is 5.91 Å². The van der Waals surface area contributed by atoms with Crippen molar-refractivity contribution in [2.24, 2.45) is 5.73 Å². The number of carbonyl (C=O) groups is 1. The van der Waals surface area contributed by atoms with Crippen LogP contribution in [0.15, 0.2) is 0 Å². The maximum Gasteiger partial charge on any atom is 0.237 e. The molecule has 0 aromatic carbocycles. The molecule has 0 aliphatic carbocycles. The molecule has 0 aliphatic rings. The molecule has 3 N–H and O–H groups in total. The fraction of sp³-hybridized carbons (Fsp3) is 0.900. The molecule has 0 heterocycles. The summed E-state index contributed by atoms with van der Waals surface area (Å²) in [5.41, 5.74) is 5.49. The molecular weight excluding hydrogens is 180 g/mol. The summed E-state index contributed by atoms with van der Waals surface area (Å²) in [5.74, 6) is -0.0893. The van der Waals surface area contributed by atoms with Crippen molar-refractivity contribution in [3.63, 3.8) is 0 Å². The fourth-order valence-electron chi connectivity index (χ4n) is 1.04. The molecule has 84 valence electrons. The Morgan fingerprint density at radius 3 is 2.50 bits per heavy atom. The molecule has 0 bridgehead atoms. The molecule has 0 spiro atoms. The van der Waals surface area contributed by atoms with E-state index >= 15 is 0 Å². The molecule has 4 heteroatoms. The van der Waals surface area contributed by atoms with Crippen LogP contribution in [0.25, 0.3) is 0 Å². The highest BCUT2D eigenvalue weighted by Crippen LogP contribution is 2.01. The molecule has 14 heavy (non-hydrogen) atoms. The van der Waals surface area contributed by atoms with Gasteiger partial charge in [-0.05, 0) is 33.6 Å². The molecule has 0 saturated carbocycles. The smallest absolute Gasteiger partial charge is 0.237 e. The molecule has 0 aromatic heterocycles. The van der Waals surface area contributed by atoms with E-state index in [-0.39, 0.29) is 11.4 Å². The van der Waals surface area contributed by atoms with E-state index in [1.165, 1.54) is 0 Å². The van der Waals surface area contributed by atoms with Crippen LogP contribution in [-0.2, 0) is 9.53 Å². The van der Waals surface area contributed by atoms with Crippen molar-refractivity contribution in [1.82, 2.24) is 5.32 Å². The van der Waals surface area contributed by atoms with Gasteiger partial charge >= 0.3 is 0 Å². The van der Waals surface area contributed by atoms with Crippen molar-refractivity contribution < 1.29 is 9.53 Å². The number of hydrogen-bond acceptors (Lipinski definition) is 3. The van der Waals surface area contributed by atoms with Crippen LogP contribution in [0.5, 0.6) is 0 Å². The predicted octanol–water partition coefficient (Wildman–Crippen LogP) is 0.655. The second-order valence-corrected chi connectivity index (χ2v) is 4.48. The van der Waals surface area contributed by atoms with E-state index in [1.54, 1.807) is 7.11 Å². The lowest BCUT2D eigenvalue weighted by molar-refractivity contribution is -0.123. The van der Waals surface area contributed by atoms with Gasteiger partial charge in [0, 0.05) is 19.3 Å². The van der Waals surface area contributed by atoms with Crippen LogP contribution in [0.2, 0.25) is 0 Å². The largest absolute Gasteiger partial charge is 0.385 e. The summed E-state index contributed by atoms with van der Waals surface area (Å²) in [6, 6.07) is -0.427. The summed E-state index contributed by atoms with van der Waals surface area (Å²) < 4.78 is 4.89. The Morgan fingerprint density at radius 1 is 1.50 bits per heavy atom. The zero-order chi connectivity index (χ0) is 11.2. The standard InChI is InChI=1S/C10H22N2O2/c1-10(2,3)12-9(13)8(11)6-5-7-14-4/h8H,5-7,11H2,1-4H3,(H,12,13). The minimum atomic E-state index is -0.427. The van der Waals surface area contributed by atoms with Gasteiger partial charge in [-0.2, -0.15) is 0 Å². The van der Waals surface area contributed by atoms with Crippen LogP contribution in [-0.4, -0.2) is 31.2 Å². The maximum absolute atomic E-state index is 11.5. The normalized spacial score (nSPS) is 13.8. The highest BCUT2D eigenvalue weighted by Gasteiger charge is 2.18. The number of nitrogens with two attached hydrogens (primary N) is 1. The van der Waals surface area contributed by atoms with Gasteiger partial charge in [-0.1, -0.05) is 0 Å². The number of rotatable bonds is 5. The third-order valence-electron chi connectivity index (χ3n) is 1.70. The van der Waals surface area contributed by atoms with Gasteiger partial charge in [-0.25, -0.2) is 0 Å². The monoisotopic (exact) mass is 202 g/mol. The average Bonchev–Trinajstić information content (AvgIpc) is 2.01. The van der Waals surface area contributed by atoms with Gasteiger partial charge in [-0.15, -0.1) is 0 Å². The molecule has 0 aromatic rings. The van der Waals surface area contributed by atoms with E-state index < -0.39 is 6.04 Å². The Balaban J connectivity index is 3.77.